The van der Waals surface area contributed by atoms with Gasteiger partial charge in [0.25, 0.3) is 0 Å². The van der Waals surface area contributed by atoms with Crippen molar-refractivity contribution < 1.29 is 4.74 Å². The number of ether oxygens (including phenoxy) is 1. The van der Waals surface area contributed by atoms with E-state index in [9.17, 15) is 0 Å². The Labute approximate surface area is 89.1 Å². The molecule has 0 radical (unpaired) electrons. The Morgan fingerprint density at radius 3 is 2.60 bits per heavy atom. The van der Waals surface area contributed by atoms with Crippen molar-refractivity contribution in [3.63, 3.8) is 0 Å². The molecule has 1 aromatic carbocycles. The molecule has 0 aliphatic rings. The van der Waals surface area contributed by atoms with Gasteiger partial charge in [-0.25, -0.2) is 9.97 Å². The Bertz CT molecular complexity index is 494. The van der Waals surface area contributed by atoms with E-state index in [1.54, 1.807) is 0 Å². The standard InChI is InChI=1S/C12H14N2O/c1-4-15-11-7-5-6-10-12(11)14-9(3)8(2)13-10/h5-7H,4H2,1-3H3. The van der Waals surface area contributed by atoms with E-state index in [0.717, 1.165) is 28.2 Å². The lowest BCUT2D eigenvalue weighted by molar-refractivity contribution is 0.343. The van der Waals surface area contributed by atoms with E-state index >= 15 is 0 Å². The quantitative estimate of drug-likeness (QED) is 0.751. The molecular formula is C12H14N2O. The minimum absolute atomic E-state index is 0.647. The van der Waals surface area contributed by atoms with E-state index in [1.165, 1.54) is 0 Å². The van der Waals surface area contributed by atoms with Crippen molar-refractivity contribution >= 4 is 11.0 Å². The van der Waals surface area contributed by atoms with Crippen molar-refractivity contribution in [2.45, 2.75) is 20.8 Å². The lowest BCUT2D eigenvalue weighted by Crippen LogP contribution is -1.97. The second-order valence-corrected chi connectivity index (χ2v) is 3.45. The molecule has 78 valence electrons. The molecule has 0 saturated carbocycles. The summed E-state index contributed by atoms with van der Waals surface area (Å²) in [6.07, 6.45) is 0. The fourth-order valence-electron chi connectivity index (χ4n) is 1.50. The molecule has 0 aliphatic heterocycles. The summed E-state index contributed by atoms with van der Waals surface area (Å²) in [5.74, 6) is 0.811. The van der Waals surface area contributed by atoms with E-state index in [2.05, 4.69) is 9.97 Å². The Morgan fingerprint density at radius 1 is 1.13 bits per heavy atom. The number of rotatable bonds is 2. The molecule has 0 N–H and O–H groups in total. The average Bonchev–Trinajstić information content (AvgIpc) is 2.21. The molecule has 0 aliphatic carbocycles. The normalized spacial score (nSPS) is 10.6. The van der Waals surface area contributed by atoms with Crippen LogP contribution in [0.2, 0.25) is 0 Å². The molecule has 1 heterocycles. The van der Waals surface area contributed by atoms with Crippen LogP contribution in [0.3, 0.4) is 0 Å². The van der Waals surface area contributed by atoms with Gasteiger partial charge in [-0.05, 0) is 32.9 Å². The molecule has 0 saturated heterocycles. The van der Waals surface area contributed by atoms with E-state index < -0.39 is 0 Å². The highest BCUT2D eigenvalue weighted by Crippen LogP contribution is 2.23. The number of para-hydroxylation sites is 1. The van der Waals surface area contributed by atoms with Crippen LogP contribution in [-0.4, -0.2) is 16.6 Å². The predicted octanol–water partition coefficient (Wildman–Crippen LogP) is 2.65. The van der Waals surface area contributed by atoms with Crippen LogP contribution < -0.4 is 4.74 Å². The van der Waals surface area contributed by atoms with Gasteiger partial charge in [0.2, 0.25) is 0 Å². The molecular weight excluding hydrogens is 188 g/mol. The largest absolute Gasteiger partial charge is 0.492 e. The zero-order valence-corrected chi connectivity index (χ0v) is 9.24. The van der Waals surface area contributed by atoms with Crippen LogP contribution >= 0.6 is 0 Å². The number of fused-ring (bicyclic) bond motifs is 1. The van der Waals surface area contributed by atoms with Crippen LogP contribution in [0.4, 0.5) is 0 Å². The van der Waals surface area contributed by atoms with Gasteiger partial charge in [-0.1, -0.05) is 6.07 Å². The van der Waals surface area contributed by atoms with Crippen molar-refractivity contribution in [3.05, 3.63) is 29.6 Å². The summed E-state index contributed by atoms with van der Waals surface area (Å²) in [4.78, 5) is 8.98. The molecule has 1 aromatic heterocycles. The SMILES string of the molecule is CCOc1cccc2nc(C)c(C)nc12. The number of aryl methyl sites for hydroxylation is 2. The lowest BCUT2D eigenvalue weighted by Gasteiger charge is -2.07. The van der Waals surface area contributed by atoms with Crippen molar-refractivity contribution in [2.75, 3.05) is 6.61 Å². The maximum absolute atomic E-state index is 5.51. The minimum atomic E-state index is 0.647. The van der Waals surface area contributed by atoms with Gasteiger partial charge in [-0.3, -0.25) is 0 Å². The maximum Gasteiger partial charge on any atom is 0.147 e. The van der Waals surface area contributed by atoms with E-state index in [-0.39, 0.29) is 0 Å². The van der Waals surface area contributed by atoms with Gasteiger partial charge < -0.3 is 4.74 Å². The highest BCUT2D eigenvalue weighted by molar-refractivity contribution is 5.81. The molecule has 15 heavy (non-hydrogen) atoms. The first-order valence-corrected chi connectivity index (χ1v) is 5.09. The summed E-state index contributed by atoms with van der Waals surface area (Å²) in [5.41, 5.74) is 3.66. The topological polar surface area (TPSA) is 35.0 Å². The maximum atomic E-state index is 5.51. The molecule has 3 nitrogen and oxygen atoms in total. The number of benzene rings is 1. The number of hydrogen-bond donors (Lipinski definition) is 0. The third kappa shape index (κ3) is 1.77. The zero-order valence-electron chi connectivity index (χ0n) is 9.24. The molecule has 0 fully saturated rings. The highest BCUT2D eigenvalue weighted by atomic mass is 16.5. The Balaban J connectivity index is 2.68. The lowest BCUT2D eigenvalue weighted by atomic mass is 10.2. The summed E-state index contributed by atoms with van der Waals surface area (Å²) in [7, 11) is 0. The van der Waals surface area contributed by atoms with Gasteiger partial charge in [-0.15, -0.1) is 0 Å². The van der Waals surface area contributed by atoms with Gasteiger partial charge in [-0.2, -0.15) is 0 Å². The van der Waals surface area contributed by atoms with Crippen LogP contribution in [0.5, 0.6) is 5.75 Å². The first kappa shape index (κ1) is 9.90. The van der Waals surface area contributed by atoms with Crippen LogP contribution in [0.15, 0.2) is 18.2 Å². The fourth-order valence-corrected chi connectivity index (χ4v) is 1.50. The highest BCUT2D eigenvalue weighted by Gasteiger charge is 2.06. The minimum Gasteiger partial charge on any atom is -0.492 e. The summed E-state index contributed by atoms with van der Waals surface area (Å²) >= 11 is 0. The predicted molar refractivity (Wildman–Crippen MR) is 60.2 cm³/mol. The summed E-state index contributed by atoms with van der Waals surface area (Å²) in [6.45, 7) is 6.54. The fraction of sp³-hybridized carbons (Fsp3) is 0.333. The Hall–Kier alpha value is -1.64. The summed E-state index contributed by atoms with van der Waals surface area (Å²) < 4.78 is 5.51. The molecule has 3 heteroatoms. The van der Waals surface area contributed by atoms with Crippen LogP contribution in [0, 0.1) is 13.8 Å². The van der Waals surface area contributed by atoms with Crippen molar-refractivity contribution in [2.24, 2.45) is 0 Å². The van der Waals surface area contributed by atoms with Crippen LogP contribution in [0.25, 0.3) is 11.0 Å². The van der Waals surface area contributed by atoms with Gasteiger partial charge in [0.05, 0.1) is 23.5 Å². The molecule has 2 rings (SSSR count). The number of hydrogen-bond acceptors (Lipinski definition) is 3. The molecule has 0 atom stereocenters. The van der Waals surface area contributed by atoms with Gasteiger partial charge >= 0.3 is 0 Å². The zero-order chi connectivity index (χ0) is 10.8. The van der Waals surface area contributed by atoms with Gasteiger partial charge in [0.15, 0.2) is 0 Å². The third-order valence-electron chi connectivity index (χ3n) is 2.37. The number of aromatic nitrogens is 2. The Morgan fingerprint density at radius 2 is 1.87 bits per heavy atom. The number of nitrogens with zero attached hydrogens (tertiary/aromatic N) is 2. The smallest absolute Gasteiger partial charge is 0.147 e. The summed E-state index contributed by atoms with van der Waals surface area (Å²) in [5, 5.41) is 0. The summed E-state index contributed by atoms with van der Waals surface area (Å²) in [6, 6.07) is 5.82. The molecule has 0 unspecified atom stereocenters. The van der Waals surface area contributed by atoms with E-state index in [0.29, 0.717) is 6.61 Å². The van der Waals surface area contributed by atoms with Crippen molar-refractivity contribution in [3.8, 4) is 5.75 Å². The first-order chi connectivity index (χ1) is 7.22. The van der Waals surface area contributed by atoms with Crippen molar-refractivity contribution in [1.82, 2.24) is 9.97 Å². The molecule has 0 spiro atoms. The Kier molecular flexibility index (Phi) is 2.54. The van der Waals surface area contributed by atoms with Crippen LogP contribution in [-0.2, 0) is 0 Å². The monoisotopic (exact) mass is 202 g/mol. The van der Waals surface area contributed by atoms with Gasteiger partial charge in [0, 0.05) is 0 Å². The second kappa shape index (κ2) is 3.85. The van der Waals surface area contributed by atoms with Crippen LogP contribution in [0.1, 0.15) is 18.3 Å². The van der Waals surface area contributed by atoms with E-state index in [4.69, 9.17) is 4.74 Å². The second-order valence-electron chi connectivity index (χ2n) is 3.45. The average molecular weight is 202 g/mol. The van der Waals surface area contributed by atoms with Gasteiger partial charge in [0.1, 0.15) is 11.3 Å². The van der Waals surface area contributed by atoms with Crippen molar-refractivity contribution in [1.29, 1.82) is 0 Å². The first-order valence-electron chi connectivity index (χ1n) is 5.09. The molecule has 0 bridgehead atoms. The van der Waals surface area contributed by atoms with E-state index in [1.807, 2.05) is 39.0 Å². The third-order valence-corrected chi connectivity index (χ3v) is 2.37. The molecule has 0 amide bonds. The molecule has 2 aromatic rings.